The molecular formula is C12H11ClN2O3. The number of aliphatic hydroxyl groups excluding tert-OH is 1. The van der Waals surface area contributed by atoms with Gasteiger partial charge in [-0.3, -0.25) is 5.32 Å². The second kappa shape index (κ2) is 6.05. The van der Waals surface area contributed by atoms with Gasteiger partial charge in [0.25, 0.3) is 0 Å². The minimum Gasteiger partial charge on any atom is -0.465 e. The van der Waals surface area contributed by atoms with Gasteiger partial charge in [0, 0.05) is 6.61 Å². The first-order valence-corrected chi connectivity index (χ1v) is 5.40. The number of hydrogen-bond acceptors (Lipinski definition) is 3. The lowest BCUT2D eigenvalue weighted by atomic mass is 10.0. The summed E-state index contributed by atoms with van der Waals surface area (Å²) in [4.78, 5) is 10.6. The molecule has 3 N–H and O–H groups in total. The summed E-state index contributed by atoms with van der Waals surface area (Å²) < 4.78 is 0. The number of rotatable bonds is 4. The summed E-state index contributed by atoms with van der Waals surface area (Å²) in [6.45, 7) is 3.64. The van der Waals surface area contributed by atoms with E-state index in [1.165, 1.54) is 12.1 Å². The summed E-state index contributed by atoms with van der Waals surface area (Å²) in [5.41, 5.74) is 1.37. The molecule has 0 atom stereocenters. The fourth-order valence-corrected chi connectivity index (χ4v) is 1.71. The van der Waals surface area contributed by atoms with Crippen LogP contribution in [-0.4, -0.2) is 22.9 Å². The van der Waals surface area contributed by atoms with E-state index in [-0.39, 0.29) is 22.9 Å². The molecule has 5 nitrogen and oxygen atoms in total. The Hall–Kier alpha value is -2.03. The third kappa shape index (κ3) is 3.23. The van der Waals surface area contributed by atoms with Gasteiger partial charge < -0.3 is 10.2 Å². The molecule has 0 aromatic heterocycles. The van der Waals surface area contributed by atoms with Crippen molar-refractivity contribution in [2.24, 2.45) is 0 Å². The van der Waals surface area contributed by atoms with Crippen molar-refractivity contribution >= 4 is 29.0 Å². The summed E-state index contributed by atoms with van der Waals surface area (Å²) in [6.07, 6.45) is -0.980. The highest BCUT2D eigenvalue weighted by Gasteiger charge is 2.13. The molecule has 0 bridgehead atoms. The zero-order valence-electron chi connectivity index (χ0n) is 9.40. The van der Waals surface area contributed by atoms with Crippen molar-refractivity contribution in [3.05, 3.63) is 34.9 Å². The molecule has 0 saturated carbocycles. The number of amides is 1. The number of carboxylic acid groups (broad SMARTS) is 1. The van der Waals surface area contributed by atoms with Crippen molar-refractivity contribution in [1.29, 1.82) is 5.26 Å². The Morgan fingerprint density at radius 1 is 1.56 bits per heavy atom. The lowest BCUT2D eigenvalue weighted by Gasteiger charge is -2.11. The van der Waals surface area contributed by atoms with Crippen LogP contribution in [0.3, 0.4) is 0 Å². The molecule has 94 valence electrons. The number of nitrogens with zero attached hydrogens (tertiary/aromatic N) is 1. The number of hydrogen-bond donors (Lipinski definition) is 3. The SMILES string of the molecule is C=C(CCO)c1cc(C#N)cc(NC(=O)O)c1Cl. The predicted octanol–water partition coefficient (Wildman–Crippen LogP) is 2.70. The first-order chi connectivity index (χ1) is 8.49. The molecule has 0 fully saturated rings. The van der Waals surface area contributed by atoms with Crippen molar-refractivity contribution in [2.75, 3.05) is 11.9 Å². The van der Waals surface area contributed by atoms with Crippen molar-refractivity contribution in [3.8, 4) is 6.07 Å². The fraction of sp³-hybridized carbons (Fsp3) is 0.167. The lowest BCUT2D eigenvalue weighted by molar-refractivity contribution is 0.209. The molecule has 0 radical (unpaired) electrons. The number of anilines is 1. The van der Waals surface area contributed by atoms with Gasteiger partial charge in [0.05, 0.1) is 22.3 Å². The number of aliphatic hydroxyl groups is 1. The third-order valence-corrected chi connectivity index (χ3v) is 2.64. The molecule has 6 heteroatoms. The van der Waals surface area contributed by atoms with Crippen LogP contribution in [0.5, 0.6) is 0 Å². The maximum absolute atomic E-state index is 10.6. The van der Waals surface area contributed by atoms with E-state index in [2.05, 4.69) is 11.9 Å². The smallest absolute Gasteiger partial charge is 0.409 e. The van der Waals surface area contributed by atoms with Gasteiger partial charge in [-0.15, -0.1) is 0 Å². The van der Waals surface area contributed by atoms with Crippen LogP contribution < -0.4 is 5.32 Å². The third-order valence-electron chi connectivity index (χ3n) is 2.24. The Bertz CT molecular complexity index is 535. The molecule has 1 aromatic carbocycles. The standard InChI is InChI=1S/C12H11ClN2O3/c1-7(2-3-16)9-4-8(6-14)5-10(11(9)13)15-12(17)18/h4-5,15-16H,1-3H2,(H,17,18). The van der Waals surface area contributed by atoms with E-state index in [0.29, 0.717) is 17.6 Å². The zero-order chi connectivity index (χ0) is 13.7. The summed E-state index contributed by atoms with van der Waals surface area (Å²) >= 11 is 6.03. The van der Waals surface area contributed by atoms with E-state index < -0.39 is 6.09 Å². The van der Waals surface area contributed by atoms with Crippen molar-refractivity contribution in [3.63, 3.8) is 0 Å². The zero-order valence-corrected chi connectivity index (χ0v) is 10.2. The van der Waals surface area contributed by atoms with E-state index in [1.807, 2.05) is 6.07 Å². The Labute approximate surface area is 109 Å². The van der Waals surface area contributed by atoms with Crippen LogP contribution in [0, 0.1) is 11.3 Å². The first kappa shape index (κ1) is 14.0. The maximum atomic E-state index is 10.6. The van der Waals surface area contributed by atoms with Gasteiger partial charge >= 0.3 is 6.09 Å². The molecule has 0 spiro atoms. The van der Waals surface area contributed by atoms with Crippen LogP contribution in [0.25, 0.3) is 5.57 Å². The number of halogens is 1. The topological polar surface area (TPSA) is 93.4 Å². The van der Waals surface area contributed by atoms with E-state index in [9.17, 15) is 4.79 Å². The number of nitrogens with one attached hydrogen (secondary N) is 1. The second-order valence-corrected chi connectivity index (χ2v) is 3.88. The van der Waals surface area contributed by atoms with Gasteiger partial charge in [-0.2, -0.15) is 5.26 Å². The summed E-state index contributed by atoms with van der Waals surface area (Å²) in [6, 6.07) is 4.76. The number of carbonyl (C=O) groups is 1. The normalized spacial score (nSPS) is 9.61. The quantitative estimate of drug-likeness (QED) is 0.781. The van der Waals surface area contributed by atoms with E-state index >= 15 is 0 Å². The number of nitriles is 1. The highest BCUT2D eigenvalue weighted by molar-refractivity contribution is 6.35. The van der Waals surface area contributed by atoms with E-state index in [4.69, 9.17) is 27.1 Å². The molecule has 1 amide bonds. The van der Waals surface area contributed by atoms with Crippen LogP contribution in [-0.2, 0) is 0 Å². The Kier molecular flexibility index (Phi) is 4.72. The predicted molar refractivity (Wildman–Crippen MR) is 68.6 cm³/mol. The van der Waals surface area contributed by atoms with Crippen LogP contribution >= 0.6 is 11.6 Å². The first-order valence-electron chi connectivity index (χ1n) is 5.02. The Morgan fingerprint density at radius 2 is 2.22 bits per heavy atom. The molecule has 1 rings (SSSR count). The molecular weight excluding hydrogens is 256 g/mol. The minimum atomic E-state index is -1.27. The van der Waals surface area contributed by atoms with Gasteiger partial charge in [-0.1, -0.05) is 18.2 Å². The second-order valence-electron chi connectivity index (χ2n) is 3.50. The number of benzene rings is 1. The largest absolute Gasteiger partial charge is 0.465 e. The maximum Gasteiger partial charge on any atom is 0.409 e. The average Bonchev–Trinajstić information content (AvgIpc) is 2.31. The molecule has 0 heterocycles. The fourth-order valence-electron chi connectivity index (χ4n) is 1.42. The highest BCUT2D eigenvalue weighted by Crippen LogP contribution is 2.33. The lowest BCUT2D eigenvalue weighted by Crippen LogP contribution is -2.08. The molecule has 0 unspecified atom stereocenters. The summed E-state index contributed by atoms with van der Waals surface area (Å²) in [5, 5.41) is 28.7. The Balaban J connectivity index is 3.29. The monoisotopic (exact) mass is 266 g/mol. The van der Waals surface area contributed by atoms with Gasteiger partial charge in [-0.25, -0.2) is 4.79 Å². The van der Waals surface area contributed by atoms with Crippen LogP contribution in [0.15, 0.2) is 18.7 Å². The molecule has 0 aliphatic heterocycles. The van der Waals surface area contributed by atoms with Gasteiger partial charge in [-0.05, 0) is 29.7 Å². The molecule has 18 heavy (non-hydrogen) atoms. The molecule has 1 aromatic rings. The van der Waals surface area contributed by atoms with Gasteiger partial charge in [0.15, 0.2) is 0 Å². The Morgan fingerprint density at radius 3 is 2.72 bits per heavy atom. The molecule has 0 aliphatic rings. The summed E-state index contributed by atoms with van der Waals surface area (Å²) in [5.74, 6) is 0. The van der Waals surface area contributed by atoms with Gasteiger partial charge in [0.1, 0.15) is 0 Å². The molecule has 0 saturated heterocycles. The summed E-state index contributed by atoms with van der Waals surface area (Å²) in [7, 11) is 0. The van der Waals surface area contributed by atoms with Crippen molar-refractivity contribution in [1.82, 2.24) is 0 Å². The molecule has 0 aliphatic carbocycles. The van der Waals surface area contributed by atoms with Gasteiger partial charge in [0.2, 0.25) is 0 Å². The van der Waals surface area contributed by atoms with Crippen molar-refractivity contribution in [2.45, 2.75) is 6.42 Å². The van der Waals surface area contributed by atoms with E-state index in [1.54, 1.807) is 0 Å². The average molecular weight is 267 g/mol. The van der Waals surface area contributed by atoms with Crippen LogP contribution in [0.2, 0.25) is 5.02 Å². The van der Waals surface area contributed by atoms with Crippen LogP contribution in [0.1, 0.15) is 17.5 Å². The van der Waals surface area contributed by atoms with Crippen LogP contribution in [0.4, 0.5) is 10.5 Å². The van der Waals surface area contributed by atoms with Crippen molar-refractivity contribution < 1.29 is 15.0 Å². The van der Waals surface area contributed by atoms with E-state index in [0.717, 1.165) is 0 Å². The highest BCUT2D eigenvalue weighted by atomic mass is 35.5. The minimum absolute atomic E-state index is 0.104.